The van der Waals surface area contributed by atoms with Crippen LogP contribution in [0.5, 0.6) is 0 Å². The van der Waals surface area contributed by atoms with Crippen molar-refractivity contribution in [2.75, 3.05) is 13.1 Å². The molecular weight excluding hydrogens is 310 g/mol. The molecule has 1 aromatic carbocycles. The molecule has 0 aliphatic rings. The lowest BCUT2D eigenvalue weighted by Crippen LogP contribution is -2.34. The molecule has 0 radical (unpaired) electrons. The first-order valence-corrected chi connectivity index (χ1v) is 7.96. The number of Topliss-reactive ketones (excluding diaryl/α,β-unsaturated/α-hetero) is 1. The van der Waals surface area contributed by atoms with Gasteiger partial charge >= 0.3 is 5.97 Å². The van der Waals surface area contributed by atoms with Crippen molar-refractivity contribution >= 4 is 17.7 Å². The number of unbranched alkanes of at least 4 members (excludes halogenated alkanes) is 1. The number of rotatable bonds is 11. The molecule has 132 valence electrons. The second kappa shape index (κ2) is 10.5. The Balaban J connectivity index is 2.11. The Labute approximate surface area is 141 Å². The molecule has 0 bridgehead atoms. The van der Waals surface area contributed by atoms with Crippen LogP contribution in [0, 0.1) is 0 Å². The second-order valence-corrected chi connectivity index (χ2v) is 5.65. The Kier molecular flexibility index (Phi) is 8.67. The third-order valence-corrected chi connectivity index (χ3v) is 3.56. The standard InChI is InChI=1S/C17H25N3O4/c1-12(21)14-7-5-13(6-8-14)10-19-11-16(22)20-9-3-2-4-15(18)17(23)24/h5-8,15,19H,2-4,9-11,18H2,1H3,(H,20,22)(H,23,24)/t15-/m0/s1. The molecule has 0 aliphatic heterocycles. The minimum atomic E-state index is -1.00. The second-order valence-electron chi connectivity index (χ2n) is 5.65. The Morgan fingerprint density at radius 3 is 2.42 bits per heavy atom. The first kappa shape index (κ1) is 19.8. The van der Waals surface area contributed by atoms with Gasteiger partial charge in [-0.05, 0) is 31.7 Å². The number of aliphatic carboxylic acids is 1. The highest BCUT2D eigenvalue weighted by molar-refractivity contribution is 5.94. The van der Waals surface area contributed by atoms with E-state index in [1.165, 1.54) is 6.92 Å². The normalized spacial score (nSPS) is 11.8. The maximum absolute atomic E-state index is 11.6. The molecule has 0 unspecified atom stereocenters. The number of amides is 1. The third kappa shape index (κ3) is 7.85. The Morgan fingerprint density at radius 2 is 1.83 bits per heavy atom. The summed E-state index contributed by atoms with van der Waals surface area (Å²) in [6.07, 6.45) is 1.75. The number of carbonyl (C=O) groups excluding carboxylic acids is 2. The fourth-order valence-corrected chi connectivity index (χ4v) is 2.08. The zero-order chi connectivity index (χ0) is 17.9. The van der Waals surface area contributed by atoms with Crippen LogP contribution in [0.15, 0.2) is 24.3 Å². The van der Waals surface area contributed by atoms with Crippen LogP contribution >= 0.6 is 0 Å². The molecule has 0 spiro atoms. The van der Waals surface area contributed by atoms with E-state index in [2.05, 4.69) is 10.6 Å². The van der Waals surface area contributed by atoms with Gasteiger partial charge in [-0.1, -0.05) is 24.3 Å². The van der Waals surface area contributed by atoms with E-state index in [4.69, 9.17) is 10.8 Å². The lowest BCUT2D eigenvalue weighted by Gasteiger charge is -2.08. The maximum Gasteiger partial charge on any atom is 0.320 e. The molecule has 1 atom stereocenters. The van der Waals surface area contributed by atoms with Crippen LogP contribution in [-0.4, -0.2) is 41.9 Å². The van der Waals surface area contributed by atoms with Gasteiger partial charge in [0.1, 0.15) is 6.04 Å². The molecule has 1 rings (SSSR count). The Bertz CT molecular complexity index is 557. The third-order valence-electron chi connectivity index (χ3n) is 3.56. The average Bonchev–Trinajstić information content (AvgIpc) is 2.54. The minimum absolute atomic E-state index is 0.0261. The van der Waals surface area contributed by atoms with E-state index in [-0.39, 0.29) is 18.2 Å². The minimum Gasteiger partial charge on any atom is -0.480 e. The van der Waals surface area contributed by atoms with Gasteiger partial charge in [-0.25, -0.2) is 0 Å². The van der Waals surface area contributed by atoms with Crippen LogP contribution in [-0.2, 0) is 16.1 Å². The summed E-state index contributed by atoms with van der Waals surface area (Å²) < 4.78 is 0. The summed E-state index contributed by atoms with van der Waals surface area (Å²) in [6, 6.07) is 6.40. The topological polar surface area (TPSA) is 122 Å². The van der Waals surface area contributed by atoms with E-state index in [9.17, 15) is 14.4 Å². The van der Waals surface area contributed by atoms with Crippen LogP contribution in [0.25, 0.3) is 0 Å². The average molecular weight is 335 g/mol. The molecule has 1 aromatic rings. The highest BCUT2D eigenvalue weighted by Crippen LogP contribution is 2.04. The highest BCUT2D eigenvalue weighted by Gasteiger charge is 2.10. The summed E-state index contributed by atoms with van der Waals surface area (Å²) in [6.45, 7) is 2.76. The summed E-state index contributed by atoms with van der Waals surface area (Å²) >= 11 is 0. The van der Waals surface area contributed by atoms with E-state index in [0.29, 0.717) is 37.9 Å². The molecule has 24 heavy (non-hydrogen) atoms. The van der Waals surface area contributed by atoms with Crippen molar-refractivity contribution in [1.82, 2.24) is 10.6 Å². The number of carboxylic acid groups (broad SMARTS) is 1. The SMILES string of the molecule is CC(=O)c1ccc(CNCC(=O)NCCCC[C@H](N)C(=O)O)cc1. The van der Waals surface area contributed by atoms with Crippen molar-refractivity contribution < 1.29 is 19.5 Å². The fourth-order valence-electron chi connectivity index (χ4n) is 2.08. The number of carboxylic acids is 1. The van der Waals surface area contributed by atoms with Gasteiger partial charge in [-0.3, -0.25) is 14.4 Å². The molecule has 0 heterocycles. The van der Waals surface area contributed by atoms with E-state index < -0.39 is 12.0 Å². The van der Waals surface area contributed by atoms with Gasteiger partial charge in [0.15, 0.2) is 5.78 Å². The number of benzene rings is 1. The Hall–Kier alpha value is -2.25. The van der Waals surface area contributed by atoms with Crippen LogP contribution in [0.3, 0.4) is 0 Å². The van der Waals surface area contributed by atoms with Gasteiger partial charge in [0.2, 0.25) is 5.91 Å². The monoisotopic (exact) mass is 335 g/mol. The largest absolute Gasteiger partial charge is 0.480 e. The molecule has 1 amide bonds. The number of nitrogens with one attached hydrogen (secondary N) is 2. The lowest BCUT2D eigenvalue weighted by atomic mass is 10.1. The van der Waals surface area contributed by atoms with Crippen molar-refractivity contribution in [3.63, 3.8) is 0 Å². The van der Waals surface area contributed by atoms with Crippen LogP contribution in [0.1, 0.15) is 42.1 Å². The smallest absolute Gasteiger partial charge is 0.320 e. The zero-order valence-electron chi connectivity index (χ0n) is 13.9. The molecular formula is C17H25N3O4. The van der Waals surface area contributed by atoms with Crippen molar-refractivity contribution in [2.45, 2.75) is 38.8 Å². The fraction of sp³-hybridized carbons (Fsp3) is 0.471. The van der Waals surface area contributed by atoms with Crippen LogP contribution < -0.4 is 16.4 Å². The number of nitrogens with two attached hydrogens (primary N) is 1. The summed E-state index contributed by atoms with van der Waals surface area (Å²) in [4.78, 5) is 33.4. The number of ketones is 1. The zero-order valence-corrected chi connectivity index (χ0v) is 13.9. The predicted molar refractivity (Wildman–Crippen MR) is 90.6 cm³/mol. The van der Waals surface area contributed by atoms with Crippen molar-refractivity contribution in [3.8, 4) is 0 Å². The molecule has 5 N–H and O–H groups in total. The predicted octanol–water partition coefficient (Wildman–Crippen LogP) is 0.677. The van der Waals surface area contributed by atoms with Gasteiger partial charge in [0.05, 0.1) is 6.54 Å². The Morgan fingerprint density at radius 1 is 1.17 bits per heavy atom. The van der Waals surface area contributed by atoms with E-state index >= 15 is 0 Å². The van der Waals surface area contributed by atoms with Gasteiger partial charge in [0, 0.05) is 18.7 Å². The molecule has 0 aliphatic carbocycles. The summed E-state index contributed by atoms with van der Waals surface area (Å²) in [5, 5.41) is 14.4. The molecule has 7 heteroatoms. The number of hydrogen-bond donors (Lipinski definition) is 4. The summed E-state index contributed by atoms with van der Waals surface area (Å²) in [5.74, 6) is -1.09. The number of hydrogen-bond acceptors (Lipinski definition) is 5. The molecule has 0 aromatic heterocycles. The van der Waals surface area contributed by atoms with Crippen LogP contribution in [0.2, 0.25) is 0 Å². The van der Waals surface area contributed by atoms with E-state index in [1.807, 2.05) is 12.1 Å². The van der Waals surface area contributed by atoms with Crippen molar-refractivity contribution in [3.05, 3.63) is 35.4 Å². The molecule has 0 saturated carbocycles. The molecule has 0 saturated heterocycles. The van der Waals surface area contributed by atoms with Gasteiger partial charge in [-0.15, -0.1) is 0 Å². The van der Waals surface area contributed by atoms with Gasteiger partial charge < -0.3 is 21.5 Å². The summed E-state index contributed by atoms with van der Waals surface area (Å²) in [5.41, 5.74) is 7.05. The first-order chi connectivity index (χ1) is 11.4. The highest BCUT2D eigenvalue weighted by atomic mass is 16.4. The number of carbonyl (C=O) groups is 3. The first-order valence-electron chi connectivity index (χ1n) is 7.96. The van der Waals surface area contributed by atoms with Crippen molar-refractivity contribution in [1.29, 1.82) is 0 Å². The van der Waals surface area contributed by atoms with E-state index in [0.717, 1.165) is 5.56 Å². The quantitative estimate of drug-likeness (QED) is 0.348. The van der Waals surface area contributed by atoms with Gasteiger partial charge in [-0.2, -0.15) is 0 Å². The van der Waals surface area contributed by atoms with Crippen LogP contribution in [0.4, 0.5) is 0 Å². The summed E-state index contributed by atoms with van der Waals surface area (Å²) in [7, 11) is 0. The lowest BCUT2D eigenvalue weighted by molar-refractivity contribution is -0.138. The van der Waals surface area contributed by atoms with E-state index in [1.54, 1.807) is 12.1 Å². The van der Waals surface area contributed by atoms with Crippen molar-refractivity contribution in [2.24, 2.45) is 5.73 Å². The van der Waals surface area contributed by atoms with Gasteiger partial charge in [0.25, 0.3) is 0 Å². The molecule has 0 fully saturated rings. The maximum atomic E-state index is 11.6. The molecule has 7 nitrogen and oxygen atoms in total.